The van der Waals surface area contributed by atoms with Crippen LogP contribution < -0.4 is 5.73 Å². The molecule has 2 atom stereocenters. The monoisotopic (exact) mass is 178 g/mol. The normalized spacial score (nSPS) is 29.5. The summed E-state index contributed by atoms with van der Waals surface area (Å²) in [6, 6.07) is 0. The molecule has 2 rings (SSSR count). The predicted octanol–water partition coefficient (Wildman–Crippen LogP) is 0.0112. The number of nitrogens with two attached hydrogens (primary N) is 1. The van der Waals surface area contributed by atoms with Crippen LogP contribution in [0.15, 0.2) is 29.0 Å². The molecule has 0 saturated carbocycles. The van der Waals surface area contributed by atoms with Crippen LogP contribution in [-0.2, 0) is 9.63 Å². The Morgan fingerprint density at radius 2 is 2.54 bits per heavy atom. The van der Waals surface area contributed by atoms with Crippen molar-refractivity contribution < 1.29 is 9.63 Å². The van der Waals surface area contributed by atoms with Gasteiger partial charge in [-0.1, -0.05) is 17.3 Å². The molecule has 0 aromatic rings. The van der Waals surface area contributed by atoms with Crippen LogP contribution in [0.4, 0.5) is 0 Å². The first-order chi connectivity index (χ1) is 6.33. The third-order valence-corrected chi connectivity index (χ3v) is 2.20. The highest BCUT2D eigenvalue weighted by atomic mass is 16.6. The number of hydrogen-bond donors (Lipinski definition) is 1. The second-order valence-corrected chi connectivity index (χ2v) is 2.98. The molecule has 0 fully saturated rings. The van der Waals surface area contributed by atoms with Crippen LogP contribution in [-0.4, -0.2) is 24.6 Å². The van der Waals surface area contributed by atoms with Crippen molar-refractivity contribution in [3.05, 3.63) is 23.8 Å². The molecule has 1 heterocycles. The van der Waals surface area contributed by atoms with Crippen molar-refractivity contribution >= 4 is 12.0 Å². The molecule has 4 heteroatoms. The lowest BCUT2D eigenvalue weighted by Gasteiger charge is -2.17. The highest BCUT2D eigenvalue weighted by Crippen LogP contribution is 2.26. The molecule has 0 bridgehead atoms. The number of nitrogens with zero attached hydrogens (tertiary/aromatic N) is 1. The molecule has 0 radical (unpaired) electrons. The lowest BCUT2D eigenvalue weighted by molar-refractivity contribution is -0.114. The molecular formula is C9H10N2O2. The minimum atomic E-state index is -0.115. The van der Waals surface area contributed by atoms with E-state index in [1.807, 2.05) is 6.08 Å². The minimum absolute atomic E-state index is 0.0384. The molecule has 4 nitrogen and oxygen atoms in total. The van der Waals surface area contributed by atoms with Crippen molar-refractivity contribution in [3.8, 4) is 0 Å². The van der Waals surface area contributed by atoms with Crippen molar-refractivity contribution in [2.24, 2.45) is 16.8 Å². The van der Waals surface area contributed by atoms with Gasteiger partial charge >= 0.3 is 0 Å². The Hall–Kier alpha value is -1.42. The predicted molar refractivity (Wildman–Crippen MR) is 48.1 cm³/mol. The Balaban J connectivity index is 2.26. The zero-order valence-corrected chi connectivity index (χ0v) is 7.01. The van der Waals surface area contributed by atoms with Crippen LogP contribution in [0.2, 0.25) is 0 Å². The first-order valence-corrected chi connectivity index (χ1v) is 4.14. The maximum absolute atomic E-state index is 11.4. The lowest BCUT2D eigenvalue weighted by Crippen LogP contribution is -2.28. The topological polar surface area (TPSA) is 64.7 Å². The summed E-state index contributed by atoms with van der Waals surface area (Å²) in [7, 11) is 0. The van der Waals surface area contributed by atoms with E-state index in [0.717, 1.165) is 0 Å². The van der Waals surface area contributed by atoms with Gasteiger partial charge in [0.05, 0.1) is 18.7 Å². The molecule has 2 aliphatic rings. The number of Topliss-reactive ketones (excluding diaryl/α,β-unsaturated/α-hetero) is 1. The largest absolute Gasteiger partial charge is 0.388 e. The van der Waals surface area contributed by atoms with Crippen molar-refractivity contribution in [2.45, 2.75) is 6.10 Å². The maximum Gasteiger partial charge on any atom is 0.173 e. The van der Waals surface area contributed by atoms with E-state index in [1.165, 1.54) is 0 Å². The molecular weight excluding hydrogens is 168 g/mol. The molecule has 13 heavy (non-hydrogen) atoms. The molecule has 1 aliphatic carbocycles. The Bertz CT molecular complexity index is 318. The Morgan fingerprint density at radius 3 is 3.31 bits per heavy atom. The summed E-state index contributed by atoms with van der Waals surface area (Å²) >= 11 is 0. The summed E-state index contributed by atoms with van der Waals surface area (Å²) < 4.78 is 0. The number of allylic oxidation sites excluding steroid dienone is 2. The Kier molecular flexibility index (Phi) is 1.98. The van der Waals surface area contributed by atoms with Gasteiger partial charge in [0.25, 0.3) is 0 Å². The van der Waals surface area contributed by atoms with Crippen molar-refractivity contribution in [1.29, 1.82) is 0 Å². The summed E-state index contributed by atoms with van der Waals surface area (Å²) in [5.41, 5.74) is 5.98. The fourth-order valence-electron chi connectivity index (χ4n) is 1.51. The van der Waals surface area contributed by atoms with Gasteiger partial charge in [-0.25, -0.2) is 0 Å². The van der Waals surface area contributed by atoms with E-state index in [9.17, 15) is 4.79 Å². The van der Waals surface area contributed by atoms with E-state index in [2.05, 4.69) is 5.16 Å². The maximum atomic E-state index is 11.4. The number of ketones is 1. The third-order valence-electron chi connectivity index (χ3n) is 2.20. The number of fused-ring (bicyclic) bond motifs is 1. The summed E-state index contributed by atoms with van der Waals surface area (Å²) in [5, 5.41) is 3.68. The van der Waals surface area contributed by atoms with Crippen molar-refractivity contribution in [2.75, 3.05) is 6.54 Å². The number of carbonyl (C=O) groups excluding carboxylic acids is 1. The lowest BCUT2D eigenvalue weighted by atomic mass is 9.88. The number of rotatable bonds is 2. The van der Waals surface area contributed by atoms with Gasteiger partial charge in [0.1, 0.15) is 0 Å². The first-order valence-electron chi connectivity index (χ1n) is 4.14. The van der Waals surface area contributed by atoms with Gasteiger partial charge in [-0.15, -0.1) is 0 Å². The highest BCUT2D eigenvalue weighted by molar-refractivity contribution is 6.01. The first kappa shape index (κ1) is 8.19. The summed E-state index contributed by atoms with van der Waals surface area (Å²) in [4.78, 5) is 16.4. The molecule has 2 N–H and O–H groups in total. The standard InChI is InChI=1S/C9H10N2O2/c10-4-8(12)6-2-1-3-9-7(6)5-11-13-9/h1-3,5,7,9H,4,10H2. The van der Waals surface area contributed by atoms with Crippen LogP contribution in [0, 0.1) is 5.92 Å². The van der Waals surface area contributed by atoms with E-state index in [4.69, 9.17) is 10.6 Å². The molecule has 2 unspecified atom stereocenters. The quantitative estimate of drug-likeness (QED) is 0.647. The van der Waals surface area contributed by atoms with E-state index in [-0.39, 0.29) is 24.3 Å². The van der Waals surface area contributed by atoms with Crippen molar-refractivity contribution in [3.63, 3.8) is 0 Å². The summed E-state index contributed by atoms with van der Waals surface area (Å²) in [6.07, 6.45) is 6.99. The molecule has 0 aromatic heterocycles. The van der Waals surface area contributed by atoms with Gasteiger partial charge in [-0.3, -0.25) is 4.79 Å². The SMILES string of the molecule is NCC(=O)C1=CC=CC2ON=CC12. The van der Waals surface area contributed by atoms with Crippen LogP contribution in [0.25, 0.3) is 0 Å². The fraction of sp³-hybridized carbons (Fsp3) is 0.333. The van der Waals surface area contributed by atoms with Crippen LogP contribution in [0.5, 0.6) is 0 Å². The van der Waals surface area contributed by atoms with E-state index in [1.54, 1.807) is 18.4 Å². The molecule has 1 aliphatic heterocycles. The highest BCUT2D eigenvalue weighted by Gasteiger charge is 2.32. The molecule has 68 valence electrons. The van der Waals surface area contributed by atoms with Crippen LogP contribution >= 0.6 is 0 Å². The van der Waals surface area contributed by atoms with E-state index in [0.29, 0.717) is 5.57 Å². The minimum Gasteiger partial charge on any atom is -0.388 e. The van der Waals surface area contributed by atoms with Crippen molar-refractivity contribution in [1.82, 2.24) is 0 Å². The van der Waals surface area contributed by atoms with Crippen LogP contribution in [0.1, 0.15) is 0 Å². The molecule has 0 spiro atoms. The zero-order chi connectivity index (χ0) is 9.26. The third kappa shape index (κ3) is 1.29. The zero-order valence-electron chi connectivity index (χ0n) is 7.01. The summed E-state index contributed by atoms with van der Waals surface area (Å²) in [6.45, 7) is 0.0384. The second kappa shape index (κ2) is 3.14. The van der Waals surface area contributed by atoms with Gasteiger partial charge in [0.15, 0.2) is 11.9 Å². The summed E-state index contributed by atoms with van der Waals surface area (Å²) in [5.74, 6) is -0.0858. The van der Waals surface area contributed by atoms with Gasteiger partial charge in [0.2, 0.25) is 0 Å². The smallest absolute Gasteiger partial charge is 0.173 e. The second-order valence-electron chi connectivity index (χ2n) is 2.98. The Labute approximate surface area is 75.7 Å². The number of carbonyl (C=O) groups is 1. The average Bonchev–Trinajstić information content (AvgIpc) is 2.63. The van der Waals surface area contributed by atoms with Gasteiger partial charge in [-0.2, -0.15) is 0 Å². The van der Waals surface area contributed by atoms with Gasteiger partial charge in [0, 0.05) is 5.57 Å². The molecule has 0 amide bonds. The Morgan fingerprint density at radius 1 is 1.69 bits per heavy atom. The average molecular weight is 178 g/mol. The number of hydrogen-bond acceptors (Lipinski definition) is 4. The molecule has 0 saturated heterocycles. The van der Waals surface area contributed by atoms with E-state index >= 15 is 0 Å². The van der Waals surface area contributed by atoms with Gasteiger partial charge in [-0.05, 0) is 6.08 Å². The van der Waals surface area contributed by atoms with Gasteiger partial charge < -0.3 is 10.6 Å². The van der Waals surface area contributed by atoms with E-state index < -0.39 is 0 Å². The number of oxime groups is 1. The molecule has 0 aromatic carbocycles. The van der Waals surface area contributed by atoms with Crippen LogP contribution in [0.3, 0.4) is 0 Å². The fourth-order valence-corrected chi connectivity index (χ4v) is 1.51.